The fourth-order valence-corrected chi connectivity index (χ4v) is 3.27. The average molecular weight is 305 g/mol. The predicted octanol–water partition coefficient (Wildman–Crippen LogP) is 1.73. The fraction of sp³-hybridized carbons (Fsp3) is 0.167. The number of anilines is 1. The van der Waals surface area contributed by atoms with Crippen LogP contribution >= 0.6 is 23.1 Å². The van der Waals surface area contributed by atoms with Gasteiger partial charge in [0.2, 0.25) is 5.13 Å². The molecule has 3 aromatic rings. The highest BCUT2D eigenvalue weighted by Gasteiger charge is 2.06. The Morgan fingerprint density at radius 2 is 2.25 bits per heavy atom. The average Bonchev–Trinajstić information content (AvgIpc) is 2.82. The summed E-state index contributed by atoms with van der Waals surface area (Å²) in [4.78, 5) is 16.5. The molecule has 3 aromatic heterocycles. The van der Waals surface area contributed by atoms with Gasteiger partial charge < -0.3 is 5.73 Å². The van der Waals surface area contributed by atoms with Crippen LogP contribution < -0.4 is 11.3 Å². The highest BCUT2D eigenvalue weighted by atomic mass is 32.2. The third-order valence-electron chi connectivity index (χ3n) is 2.64. The monoisotopic (exact) mass is 305 g/mol. The number of hydrogen-bond donors (Lipinski definition) is 1. The van der Waals surface area contributed by atoms with Crippen LogP contribution in [-0.4, -0.2) is 19.6 Å². The van der Waals surface area contributed by atoms with Gasteiger partial charge in [0.1, 0.15) is 5.65 Å². The summed E-state index contributed by atoms with van der Waals surface area (Å²) in [6.45, 7) is 1.97. The number of rotatable bonds is 3. The van der Waals surface area contributed by atoms with Gasteiger partial charge in [-0.25, -0.2) is 4.98 Å². The molecule has 3 heterocycles. The van der Waals surface area contributed by atoms with Crippen molar-refractivity contribution in [2.24, 2.45) is 0 Å². The van der Waals surface area contributed by atoms with Crippen LogP contribution in [0, 0.1) is 6.92 Å². The van der Waals surface area contributed by atoms with Crippen LogP contribution in [0.4, 0.5) is 5.13 Å². The Morgan fingerprint density at radius 1 is 1.40 bits per heavy atom. The molecule has 0 fully saturated rings. The molecule has 0 atom stereocenters. The summed E-state index contributed by atoms with van der Waals surface area (Å²) in [6, 6.07) is 5.31. The Bertz CT molecular complexity index is 826. The van der Waals surface area contributed by atoms with Gasteiger partial charge >= 0.3 is 0 Å². The number of nitrogens with two attached hydrogens (primary N) is 1. The fourth-order valence-electron chi connectivity index (χ4n) is 1.74. The second-order valence-corrected chi connectivity index (χ2v) is 6.44. The molecule has 0 unspecified atom stereocenters. The van der Waals surface area contributed by atoms with Crippen LogP contribution in [0.25, 0.3) is 5.65 Å². The first-order valence-electron chi connectivity index (χ1n) is 5.82. The minimum atomic E-state index is -0.0811. The van der Waals surface area contributed by atoms with Crippen LogP contribution in [0.1, 0.15) is 11.3 Å². The van der Waals surface area contributed by atoms with Crippen molar-refractivity contribution in [1.82, 2.24) is 19.6 Å². The van der Waals surface area contributed by atoms with Crippen LogP contribution in [-0.2, 0) is 5.75 Å². The topological polar surface area (TPSA) is 86.2 Å². The number of fused-ring (bicyclic) bond motifs is 1. The number of nitrogens with zero attached hydrogens (tertiary/aromatic N) is 4. The molecule has 0 amide bonds. The Hall–Kier alpha value is -1.93. The van der Waals surface area contributed by atoms with Crippen LogP contribution in [0.5, 0.6) is 0 Å². The maximum Gasteiger partial charge on any atom is 0.258 e. The number of aromatic nitrogens is 4. The van der Waals surface area contributed by atoms with Crippen molar-refractivity contribution in [1.29, 1.82) is 0 Å². The van der Waals surface area contributed by atoms with Gasteiger partial charge in [-0.2, -0.15) is 0 Å². The molecule has 0 spiro atoms. The summed E-state index contributed by atoms with van der Waals surface area (Å²) in [6.07, 6.45) is 1.74. The molecule has 2 N–H and O–H groups in total. The molecular formula is C12H11N5OS2. The zero-order valence-electron chi connectivity index (χ0n) is 10.6. The van der Waals surface area contributed by atoms with Gasteiger partial charge in [0, 0.05) is 18.0 Å². The van der Waals surface area contributed by atoms with Crippen molar-refractivity contribution in [2.45, 2.75) is 17.0 Å². The van der Waals surface area contributed by atoms with Crippen LogP contribution in [0.2, 0.25) is 0 Å². The number of hydrogen-bond acceptors (Lipinski definition) is 7. The predicted molar refractivity (Wildman–Crippen MR) is 80.1 cm³/mol. The highest BCUT2D eigenvalue weighted by molar-refractivity contribution is 8.00. The minimum absolute atomic E-state index is 0.0811. The van der Waals surface area contributed by atoms with Gasteiger partial charge in [-0.3, -0.25) is 9.20 Å². The molecule has 3 rings (SSSR count). The summed E-state index contributed by atoms with van der Waals surface area (Å²) < 4.78 is 2.30. The van der Waals surface area contributed by atoms with E-state index in [1.54, 1.807) is 12.3 Å². The molecule has 0 saturated carbocycles. The third-order valence-corrected chi connectivity index (χ3v) is 4.56. The van der Waals surface area contributed by atoms with Crippen molar-refractivity contribution < 1.29 is 0 Å². The standard InChI is InChI=1S/C12H11N5OS2/c1-7-2-3-17-9(4-7)14-8(5-10(17)18)6-19-12-16-15-11(13)20-12/h2-5H,6H2,1H3,(H2,13,15). The van der Waals surface area contributed by atoms with Gasteiger partial charge in [-0.05, 0) is 24.6 Å². The summed E-state index contributed by atoms with van der Waals surface area (Å²) >= 11 is 2.79. The van der Waals surface area contributed by atoms with E-state index in [0.29, 0.717) is 16.5 Å². The molecule has 0 aliphatic carbocycles. The quantitative estimate of drug-likeness (QED) is 0.742. The molecule has 0 aliphatic heterocycles. The van der Waals surface area contributed by atoms with Gasteiger partial charge in [0.15, 0.2) is 4.34 Å². The minimum Gasteiger partial charge on any atom is -0.374 e. The SMILES string of the molecule is Cc1ccn2c(=O)cc(CSc3nnc(N)s3)nc2c1. The molecule has 0 aromatic carbocycles. The van der Waals surface area contributed by atoms with Crippen molar-refractivity contribution in [3.05, 3.63) is 46.0 Å². The number of thioether (sulfide) groups is 1. The van der Waals surface area contributed by atoms with Crippen molar-refractivity contribution in [2.75, 3.05) is 5.73 Å². The van der Waals surface area contributed by atoms with Crippen LogP contribution in [0.15, 0.2) is 33.5 Å². The zero-order chi connectivity index (χ0) is 14.1. The molecule has 0 saturated heterocycles. The van der Waals surface area contributed by atoms with E-state index < -0.39 is 0 Å². The lowest BCUT2D eigenvalue weighted by Gasteiger charge is -2.03. The lowest BCUT2D eigenvalue weighted by atomic mass is 10.3. The molecule has 0 bridgehead atoms. The molecule has 8 heteroatoms. The van der Waals surface area contributed by atoms with E-state index in [4.69, 9.17) is 5.73 Å². The van der Waals surface area contributed by atoms with Crippen molar-refractivity contribution >= 4 is 33.9 Å². The number of nitrogen functional groups attached to an aromatic ring is 1. The summed E-state index contributed by atoms with van der Waals surface area (Å²) in [7, 11) is 0. The summed E-state index contributed by atoms with van der Waals surface area (Å²) in [5.41, 5.74) is 7.89. The van der Waals surface area contributed by atoms with Crippen LogP contribution in [0.3, 0.4) is 0 Å². The highest BCUT2D eigenvalue weighted by Crippen LogP contribution is 2.26. The number of pyridine rings is 1. The van der Waals surface area contributed by atoms with E-state index in [-0.39, 0.29) is 5.56 Å². The van der Waals surface area contributed by atoms with E-state index in [0.717, 1.165) is 15.6 Å². The van der Waals surface area contributed by atoms with Crippen molar-refractivity contribution in [3.8, 4) is 0 Å². The molecule has 0 aliphatic rings. The maximum absolute atomic E-state index is 12.0. The van der Waals surface area contributed by atoms with Gasteiger partial charge in [-0.1, -0.05) is 23.1 Å². The normalized spacial score (nSPS) is 11.1. The van der Waals surface area contributed by atoms with Crippen molar-refractivity contribution in [3.63, 3.8) is 0 Å². The third kappa shape index (κ3) is 2.66. The lowest BCUT2D eigenvalue weighted by molar-refractivity contribution is 0.999. The first-order valence-corrected chi connectivity index (χ1v) is 7.63. The van der Waals surface area contributed by atoms with E-state index in [9.17, 15) is 4.79 Å². The number of aryl methyl sites for hydroxylation is 1. The summed E-state index contributed by atoms with van der Waals surface area (Å²) in [5, 5.41) is 8.11. The Balaban J connectivity index is 1.90. The first kappa shape index (κ1) is 13.1. The molecule has 6 nitrogen and oxygen atoms in total. The smallest absolute Gasteiger partial charge is 0.258 e. The van der Waals surface area contributed by atoms with E-state index in [2.05, 4.69) is 15.2 Å². The van der Waals surface area contributed by atoms with E-state index in [1.165, 1.54) is 27.5 Å². The molecular weight excluding hydrogens is 294 g/mol. The largest absolute Gasteiger partial charge is 0.374 e. The van der Waals surface area contributed by atoms with E-state index in [1.807, 2.05) is 19.1 Å². The second kappa shape index (κ2) is 5.22. The lowest BCUT2D eigenvalue weighted by Crippen LogP contribution is -2.15. The van der Waals surface area contributed by atoms with Gasteiger partial charge in [0.05, 0.1) is 5.69 Å². The molecule has 20 heavy (non-hydrogen) atoms. The maximum atomic E-state index is 12.0. The van der Waals surface area contributed by atoms with Gasteiger partial charge in [-0.15, -0.1) is 10.2 Å². The Morgan fingerprint density at radius 3 is 3.00 bits per heavy atom. The van der Waals surface area contributed by atoms with E-state index >= 15 is 0 Å². The molecule has 102 valence electrons. The Labute approximate surface area is 122 Å². The molecule has 0 radical (unpaired) electrons. The first-order chi connectivity index (χ1) is 9.61. The second-order valence-electron chi connectivity index (χ2n) is 4.21. The zero-order valence-corrected chi connectivity index (χ0v) is 12.2. The van der Waals surface area contributed by atoms with Gasteiger partial charge in [0.25, 0.3) is 5.56 Å². The summed E-state index contributed by atoms with van der Waals surface area (Å²) in [5.74, 6) is 0.564. The Kier molecular flexibility index (Phi) is 3.41.